The Kier molecular flexibility index (Phi) is 4.86. The quantitative estimate of drug-likeness (QED) is 0.706. The minimum Gasteiger partial charge on any atom is -0.493 e. The molecule has 0 N–H and O–H groups in total. The van der Waals surface area contributed by atoms with Gasteiger partial charge in [0.2, 0.25) is 0 Å². The summed E-state index contributed by atoms with van der Waals surface area (Å²) in [6.45, 7) is 2.13. The molecule has 5 fully saturated rings. The van der Waals surface area contributed by atoms with Crippen molar-refractivity contribution in [2.24, 2.45) is 29.6 Å². The van der Waals surface area contributed by atoms with Gasteiger partial charge in [-0.3, -0.25) is 9.69 Å². The molecular weight excluding hydrogens is 350 g/mol. The van der Waals surface area contributed by atoms with E-state index in [9.17, 15) is 4.79 Å². The molecule has 4 aliphatic carbocycles. The second-order valence-electron chi connectivity index (χ2n) is 9.69. The van der Waals surface area contributed by atoms with E-state index in [1.165, 1.54) is 38.6 Å². The van der Waals surface area contributed by atoms with E-state index in [0.717, 1.165) is 54.7 Å². The van der Waals surface area contributed by atoms with Crippen LogP contribution in [-0.4, -0.2) is 44.0 Å². The molecule has 0 radical (unpaired) electrons. The highest BCUT2D eigenvalue weighted by molar-refractivity contribution is 5.98. The molecule has 1 aliphatic heterocycles. The van der Waals surface area contributed by atoms with Crippen molar-refractivity contribution < 1.29 is 14.3 Å². The average molecular weight is 384 g/mol. The third-order valence-electron chi connectivity index (χ3n) is 8.09. The first-order valence-electron chi connectivity index (χ1n) is 11.2. The molecule has 4 heteroatoms. The topological polar surface area (TPSA) is 38.8 Å². The molecule has 28 heavy (non-hydrogen) atoms. The predicted octanol–water partition coefficient (Wildman–Crippen LogP) is 4.42. The zero-order valence-electron chi connectivity index (χ0n) is 17.2. The van der Waals surface area contributed by atoms with Crippen LogP contribution in [0.3, 0.4) is 0 Å². The van der Waals surface area contributed by atoms with Crippen molar-refractivity contribution in [2.75, 3.05) is 27.3 Å². The van der Waals surface area contributed by atoms with E-state index in [1.807, 2.05) is 18.2 Å². The monoisotopic (exact) mass is 383 g/mol. The lowest BCUT2D eigenvalue weighted by atomic mass is 9.53. The van der Waals surface area contributed by atoms with Gasteiger partial charge in [-0.1, -0.05) is 0 Å². The van der Waals surface area contributed by atoms with E-state index < -0.39 is 0 Å². The summed E-state index contributed by atoms with van der Waals surface area (Å²) in [5, 5.41) is 0. The van der Waals surface area contributed by atoms with Crippen molar-refractivity contribution in [2.45, 2.75) is 51.0 Å². The van der Waals surface area contributed by atoms with Gasteiger partial charge in [-0.2, -0.15) is 0 Å². The van der Waals surface area contributed by atoms with Crippen LogP contribution in [0.15, 0.2) is 18.2 Å². The molecule has 4 bridgehead atoms. The fourth-order valence-electron chi connectivity index (χ4n) is 7.21. The summed E-state index contributed by atoms with van der Waals surface area (Å²) in [5.41, 5.74) is 0.759. The van der Waals surface area contributed by atoms with E-state index in [4.69, 9.17) is 9.47 Å². The predicted molar refractivity (Wildman–Crippen MR) is 109 cm³/mol. The number of piperidine rings is 1. The summed E-state index contributed by atoms with van der Waals surface area (Å²) in [7, 11) is 3.25. The van der Waals surface area contributed by atoms with Crippen molar-refractivity contribution in [3.63, 3.8) is 0 Å². The first kappa shape index (κ1) is 18.5. The number of carbonyl (C=O) groups is 1. The number of ether oxygens (including phenoxy) is 2. The Labute approximate surface area is 168 Å². The van der Waals surface area contributed by atoms with Gasteiger partial charge in [0.25, 0.3) is 0 Å². The normalized spacial score (nSPS) is 37.1. The zero-order chi connectivity index (χ0) is 19.3. The molecule has 0 aromatic heterocycles. The van der Waals surface area contributed by atoms with Gasteiger partial charge in [0.15, 0.2) is 17.3 Å². The molecule has 4 nitrogen and oxygen atoms in total. The number of carbonyl (C=O) groups excluding carboxylic acids is 1. The Morgan fingerprint density at radius 2 is 1.64 bits per heavy atom. The molecule has 152 valence electrons. The van der Waals surface area contributed by atoms with Crippen molar-refractivity contribution >= 4 is 5.78 Å². The fourth-order valence-corrected chi connectivity index (χ4v) is 7.21. The number of hydrogen-bond acceptors (Lipinski definition) is 4. The minimum atomic E-state index is 0.115. The molecule has 1 saturated heterocycles. The number of Topliss-reactive ketones (excluding diaryl/α,β-unsaturated/α-hetero) is 1. The molecule has 4 saturated carbocycles. The number of benzene rings is 1. The molecule has 1 aromatic rings. The summed E-state index contributed by atoms with van der Waals surface area (Å²) in [4.78, 5) is 16.0. The van der Waals surface area contributed by atoms with Gasteiger partial charge in [-0.15, -0.1) is 0 Å². The maximum absolute atomic E-state index is 13.3. The Morgan fingerprint density at radius 1 is 0.964 bits per heavy atom. The highest BCUT2D eigenvalue weighted by Gasteiger charge is 2.50. The first-order valence-corrected chi connectivity index (χ1v) is 11.2. The first-order chi connectivity index (χ1) is 13.7. The zero-order valence-corrected chi connectivity index (χ0v) is 17.2. The smallest absolute Gasteiger partial charge is 0.167 e. The number of ketones is 1. The Balaban J connectivity index is 1.31. The van der Waals surface area contributed by atoms with E-state index in [1.54, 1.807) is 14.2 Å². The van der Waals surface area contributed by atoms with Crippen LogP contribution in [-0.2, 0) is 0 Å². The van der Waals surface area contributed by atoms with E-state index in [0.29, 0.717) is 11.5 Å². The lowest BCUT2D eigenvalue weighted by molar-refractivity contribution is -0.0740. The van der Waals surface area contributed by atoms with Crippen LogP contribution in [0.2, 0.25) is 0 Å². The van der Waals surface area contributed by atoms with Crippen LogP contribution in [0.25, 0.3) is 0 Å². The van der Waals surface area contributed by atoms with Gasteiger partial charge in [0, 0.05) is 24.1 Å². The van der Waals surface area contributed by atoms with Crippen LogP contribution in [0.5, 0.6) is 11.5 Å². The van der Waals surface area contributed by atoms with Gasteiger partial charge in [0.1, 0.15) is 0 Å². The van der Waals surface area contributed by atoms with Crippen LogP contribution < -0.4 is 9.47 Å². The SMILES string of the molecule is COc1ccc(C(=O)[C@H]2CCCN(C3C4CC5CC(C4)CC3C5)C2)cc1OC. The third kappa shape index (κ3) is 3.14. The van der Waals surface area contributed by atoms with Crippen LogP contribution in [0, 0.1) is 29.6 Å². The molecule has 5 aliphatic rings. The summed E-state index contributed by atoms with van der Waals surface area (Å²) in [6, 6.07) is 6.34. The summed E-state index contributed by atoms with van der Waals surface area (Å²) >= 11 is 0. The lowest BCUT2D eigenvalue weighted by Gasteiger charge is -2.58. The molecule has 0 unspecified atom stereocenters. The minimum absolute atomic E-state index is 0.115. The van der Waals surface area contributed by atoms with Gasteiger partial charge in [-0.05, 0) is 93.4 Å². The van der Waals surface area contributed by atoms with Crippen molar-refractivity contribution in [1.82, 2.24) is 4.90 Å². The maximum Gasteiger partial charge on any atom is 0.167 e. The summed E-state index contributed by atoms with van der Waals surface area (Å²) in [5.74, 6) is 5.51. The highest BCUT2D eigenvalue weighted by atomic mass is 16.5. The summed E-state index contributed by atoms with van der Waals surface area (Å²) in [6.07, 6.45) is 9.44. The average Bonchev–Trinajstić information content (AvgIpc) is 2.72. The second-order valence-corrected chi connectivity index (χ2v) is 9.69. The Morgan fingerprint density at radius 3 is 2.29 bits per heavy atom. The molecule has 0 spiro atoms. The van der Waals surface area contributed by atoms with Crippen molar-refractivity contribution in [3.05, 3.63) is 23.8 Å². The molecular formula is C24H33NO3. The molecule has 1 atom stereocenters. The standard InChI is InChI=1S/C24H33NO3/c1-27-21-6-5-17(13-22(21)28-2)24(26)18-4-3-7-25(14-18)23-19-9-15-8-16(11-19)12-20(23)10-15/h5-6,13,15-16,18-20,23H,3-4,7-12,14H2,1-2H3/t15?,16?,18-,19?,20?,23?/m0/s1. The largest absolute Gasteiger partial charge is 0.493 e. The van der Waals surface area contributed by atoms with Crippen LogP contribution in [0.4, 0.5) is 0 Å². The molecule has 0 amide bonds. The third-order valence-corrected chi connectivity index (χ3v) is 8.09. The number of likely N-dealkylation sites (tertiary alicyclic amines) is 1. The van der Waals surface area contributed by atoms with Crippen LogP contribution in [0.1, 0.15) is 55.3 Å². The molecule has 1 aromatic carbocycles. The fraction of sp³-hybridized carbons (Fsp3) is 0.708. The van der Waals surface area contributed by atoms with Gasteiger partial charge in [-0.25, -0.2) is 0 Å². The van der Waals surface area contributed by atoms with E-state index >= 15 is 0 Å². The van der Waals surface area contributed by atoms with Gasteiger partial charge in [0.05, 0.1) is 14.2 Å². The Hall–Kier alpha value is -1.55. The van der Waals surface area contributed by atoms with Gasteiger partial charge < -0.3 is 9.47 Å². The van der Waals surface area contributed by atoms with Crippen molar-refractivity contribution in [1.29, 1.82) is 0 Å². The maximum atomic E-state index is 13.3. The van der Waals surface area contributed by atoms with E-state index in [2.05, 4.69) is 4.90 Å². The van der Waals surface area contributed by atoms with Gasteiger partial charge >= 0.3 is 0 Å². The number of hydrogen-bond donors (Lipinski definition) is 0. The number of methoxy groups -OCH3 is 2. The molecule has 1 heterocycles. The number of rotatable bonds is 5. The second kappa shape index (κ2) is 7.37. The highest BCUT2D eigenvalue weighted by Crippen LogP contribution is 2.55. The lowest BCUT2D eigenvalue weighted by Crippen LogP contribution is -2.58. The summed E-state index contributed by atoms with van der Waals surface area (Å²) < 4.78 is 10.7. The van der Waals surface area contributed by atoms with Crippen LogP contribution >= 0.6 is 0 Å². The van der Waals surface area contributed by atoms with Crippen molar-refractivity contribution in [3.8, 4) is 11.5 Å². The molecule has 6 rings (SSSR count). The Bertz CT molecular complexity index is 717. The van der Waals surface area contributed by atoms with E-state index in [-0.39, 0.29) is 11.7 Å². The number of nitrogens with zero attached hydrogens (tertiary/aromatic N) is 1.